The first-order valence-electron chi connectivity index (χ1n) is 7.44. The summed E-state index contributed by atoms with van der Waals surface area (Å²) in [5.74, 6) is 0.857. The van der Waals surface area contributed by atoms with E-state index in [1.807, 2.05) is 31.2 Å². The molecule has 0 atom stereocenters. The second-order valence-electron chi connectivity index (χ2n) is 5.46. The molecule has 2 aromatic carbocycles. The van der Waals surface area contributed by atoms with Crippen LogP contribution in [0.5, 0.6) is 11.5 Å². The van der Waals surface area contributed by atoms with E-state index in [1.54, 1.807) is 34.9 Å². The Morgan fingerprint density at radius 2 is 1.62 bits per heavy atom. The predicted octanol–water partition coefficient (Wildman–Crippen LogP) is 4.62. The first kappa shape index (κ1) is 14.2. The van der Waals surface area contributed by atoms with Crippen LogP contribution in [0, 0.1) is 6.92 Å². The van der Waals surface area contributed by atoms with Gasteiger partial charge < -0.3 is 10.2 Å². The summed E-state index contributed by atoms with van der Waals surface area (Å²) in [6.45, 7) is 1.82. The second kappa shape index (κ2) is 5.34. The Morgan fingerprint density at radius 1 is 0.875 bits per heavy atom. The van der Waals surface area contributed by atoms with Crippen LogP contribution in [0.2, 0.25) is 0 Å². The average Bonchev–Trinajstić information content (AvgIpc) is 2.90. The van der Waals surface area contributed by atoms with Crippen LogP contribution in [0.1, 0.15) is 5.69 Å². The molecule has 0 saturated heterocycles. The maximum Gasteiger partial charge on any atom is 0.182 e. The van der Waals surface area contributed by atoms with E-state index < -0.39 is 0 Å². The summed E-state index contributed by atoms with van der Waals surface area (Å²) in [5.41, 5.74) is 1.76. The SMILES string of the molecule is Cc1nc2c(O)cccn2c1N=Nc1cccc2c(O)cccc12. The highest BCUT2D eigenvalue weighted by Crippen LogP contribution is 2.33. The van der Waals surface area contributed by atoms with Crippen molar-refractivity contribution in [1.29, 1.82) is 0 Å². The van der Waals surface area contributed by atoms with E-state index in [2.05, 4.69) is 15.2 Å². The monoisotopic (exact) mass is 318 g/mol. The van der Waals surface area contributed by atoms with Crippen molar-refractivity contribution in [3.8, 4) is 11.5 Å². The third-order valence-corrected chi connectivity index (χ3v) is 3.90. The van der Waals surface area contributed by atoms with E-state index in [0.29, 0.717) is 22.8 Å². The summed E-state index contributed by atoms with van der Waals surface area (Å²) in [5, 5.41) is 30.0. The molecule has 0 aliphatic heterocycles. The fraction of sp³-hybridized carbons (Fsp3) is 0.0556. The highest BCUT2D eigenvalue weighted by Gasteiger charge is 2.11. The van der Waals surface area contributed by atoms with E-state index in [0.717, 1.165) is 10.8 Å². The number of aromatic nitrogens is 2. The van der Waals surface area contributed by atoms with Gasteiger partial charge in [0.1, 0.15) is 5.75 Å². The minimum atomic E-state index is 0.0946. The molecular formula is C18H14N4O2. The summed E-state index contributed by atoms with van der Waals surface area (Å²) in [7, 11) is 0. The molecule has 0 amide bonds. The third-order valence-electron chi connectivity index (χ3n) is 3.90. The molecule has 0 spiro atoms. The number of aryl methyl sites for hydroxylation is 1. The van der Waals surface area contributed by atoms with Crippen LogP contribution in [-0.4, -0.2) is 19.6 Å². The first-order valence-corrected chi connectivity index (χ1v) is 7.44. The van der Waals surface area contributed by atoms with E-state index in [4.69, 9.17) is 0 Å². The first-order chi connectivity index (χ1) is 11.6. The third kappa shape index (κ3) is 2.16. The van der Waals surface area contributed by atoms with Crippen LogP contribution in [0.4, 0.5) is 11.5 Å². The molecule has 2 heterocycles. The molecule has 118 valence electrons. The topological polar surface area (TPSA) is 82.5 Å². The lowest BCUT2D eigenvalue weighted by Crippen LogP contribution is -1.82. The van der Waals surface area contributed by atoms with Gasteiger partial charge in [0.05, 0.1) is 11.4 Å². The van der Waals surface area contributed by atoms with Gasteiger partial charge in [-0.2, -0.15) is 0 Å². The maximum atomic E-state index is 9.95. The summed E-state index contributed by atoms with van der Waals surface area (Å²) in [6.07, 6.45) is 1.78. The summed E-state index contributed by atoms with van der Waals surface area (Å²) >= 11 is 0. The van der Waals surface area contributed by atoms with Crippen LogP contribution >= 0.6 is 0 Å². The van der Waals surface area contributed by atoms with Crippen LogP contribution < -0.4 is 0 Å². The number of pyridine rings is 1. The van der Waals surface area contributed by atoms with Crippen LogP contribution in [0.25, 0.3) is 16.4 Å². The van der Waals surface area contributed by atoms with Crippen molar-refractivity contribution in [2.24, 2.45) is 10.2 Å². The van der Waals surface area contributed by atoms with Crippen molar-refractivity contribution in [3.63, 3.8) is 0 Å². The van der Waals surface area contributed by atoms with Crippen LogP contribution in [0.15, 0.2) is 65.0 Å². The van der Waals surface area contributed by atoms with Crippen molar-refractivity contribution >= 4 is 27.9 Å². The molecule has 0 saturated carbocycles. The second-order valence-corrected chi connectivity index (χ2v) is 5.46. The number of azo groups is 1. The lowest BCUT2D eigenvalue weighted by molar-refractivity contribution is 0.477. The highest BCUT2D eigenvalue weighted by molar-refractivity contribution is 5.96. The predicted molar refractivity (Wildman–Crippen MR) is 91.4 cm³/mol. The van der Waals surface area contributed by atoms with Crippen molar-refractivity contribution in [3.05, 3.63) is 60.4 Å². The quantitative estimate of drug-likeness (QED) is 0.529. The zero-order valence-corrected chi connectivity index (χ0v) is 12.9. The molecule has 0 fully saturated rings. The average molecular weight is 318 g/mol. The van der Waals surface area contributed by atoms with E-state index in [-0.39, 0.29) is 11.5 Å². The lowest BCUT2D eigenvalue weighted by atomic mass is 10.1. The highest BCUT2D eigenvalue weighted by atomic mass is 16.3. The molecule has 0 bridgehead atoms. The van der Waals surface area contributed by atoms with E-state index >= 15 is 0 Å². The standard InChI is InChI=1S/C18H14N4O2/c1-11-17(22-10-4-9-16(24)18(22)19-11)21-20-14-7-2-6-13-12(14)5-3-8-15(13)23/h2-10,23-24H,1H3. The van der Waals surface area contributed by atoms with Gasteiger partial charge >= 0.3 is 0 Å². The fourth-order valence-electron chi connectivity index (χ4n) is 2.74. The van der Waals surface area contributed by atoms with Crippen LogP contribution in [0.3, 0.4) is 0 Å². The minimum absolute atomic E-state index is 0.0946. The number of nitrogens with zero attached hydrogens (tertiary/aromatic N) is 4. The van der Waals surface area contributed by atoms with Gasteiger partial charge in [-0.15, -0.1) is 10.2 Å². The van der Waals surface area contributed by atoms with Crippen molar-refractivity contribution in [2.75, 3.05) is 0 Å². The molecule has 2 aromatic heterocycles. The van der Waals surface area contributed by atoms with Crippen molar-refractivity contribution < 1.29 is 10.2 Å². The number of hydrogen-bond donors (Lipinski definition) is 2. The molecule has 4 aromatic rings. The Kier molecular flexibility index (Phi) is 3.16. The van der Waals surface area contributed by atoms with Gasteiger partial charge in [0.15, 0.2) is 17.2 Å². The molecular weight excluding hydrogens is 304 g/mol. The van der Waals surface area contributed by atoms with Crippen molar-refractivity contribution in [2.45, 2.75) is 6.92 Å². The molecule has 0 radical (unpaired) electrons. The molecule has 4 rings (SSSR count). The van der Waals surface area contributed by atoms with Gasteiger partial charge in [0.25, 0.3) is 0 Å². The van der Waals surface area contributed by atoms with E-state index in [1.165, 1.54) is 0 Å². The van der Waals surface area contributed by atoms with Gasteiger partial charge in [-0.25, -0.2) is 4.98 Å². The molecule has 6 nitrogen and oxygen atoms in total. The zero-order chi connectivity index (χ0) is 16.7. The van der Waals surface area contributed by atoms with Gasteiger partial charge in [0.2, 0.25) is 0 Å². The fourth-order valence-corrected chi connectivity index (χ4v) is 2.74. The maximum absolute atomic E-state index is 9.95. The molecule has 0 aliphatic rings. The Hall–Kier alpha value is -3.41. The number of benzene rings is 2. The lowest BCUT2D eigenvalue weighted by Gasteiger charge is -2.03. The molecule has 0 aliphatic carbocycles. The number of fused-ring (bicyclic) bond motifs is 2. The minimum Gasteiger partial charge on any atom is -0.507 e. The normalized spacial score (nSPS) is 11.7. The Balaban J connectivity index is 1.86. The number of rotatable bonds is 2. The van der Waals surface area contributed by atoms with Gasteiger partial charge in [-0.05, 0) is 31.2 Å². The summed E-state index contributed by atoms with van der Waals surface area (Å²) < 4.78 is 1.69. The van der Waals surface area contributed by atoms with Gasteiger partial charge in [-0.1, -0.05) is 24.3 Å². The van der Waals surface area contributed by atoms with Gasteiger partial charge in [-0.3, -0.25) is 4.40 Å². The Labute approximate surface area is 137 Å². The molecule has 24 heavy (non-hydrogen) atoms. The number of phenolic OH excluding ortho intramolecular Hbond substituents is 1. The number of phenols is 1. The number of imidazole rings is 1. The van der Waals surface area contributed by atoms with Crippen LogP contribution in [-0.2, 0) is 0 Å². The molecule has 0 unspecified atom stereocenters. The number of aromatic hydroxyl groups is 2. The molecule has 6 heteroatoms. The zero-order valence-electron chi connectivity index (χ0n) is 12.9. The van der Waals surface area contributed by atoms with Gasteiger partial charge in [0, 0.05) is 17.0 Å². The smallest absolute Gasteiger partial charge is 0.182 e. The van der Waals surface area contributed by atoms with E-state index in [9.17, 15) is 10.2 Å². The summed E-state index contributed by atoms with van der Waals surface area (Å²) in [6, 6.07) is 14.1. The number of hydrogen-bond acceptors (Lipinski definition) is 5. The molecule has 2 N–H and O–H groups in total. The van der Waals surface area contributed by atoms with Crippen molar-refractivity contribution in [1.82, 2.24) is 9.38 Å². The summed E-state index contributed by atoms with van der Waals surface area (Å²) in [4.78, 5) is 4.32. The Bertz CT molecular complexity index is 1100. The largest absolute Gasteiger partial charge is 0.507 e. The Morgan fingerprint density at radius 3 is 2.50 bits per heavy atom.